The highest BCUT2D eigenvalue weighted by Gasteiger charge is 2.16. The van der Waals surface area contributed by atoms with E-state index in [1.807, 2.05) is 6.07 Å². The third-order valence-corrected chi connectivity index (χ3v) is 3.49. The van der Waals surface area contributed by atoms with Crippen LogP contribution in [-0.4, -0.2) is 15.0 Å². The fourth-order valence-electron chi connectivity index (χ4n) is 1.72. The molecule has 0 atom stereocenters. The van der Waals surface area contributed by atoms with Crippen LogP contribution in [0.4, 0.5) is 0 Å². The molecule has 0 aromatic heterocycles. The molecule has 0 aliphatic carbocycles. The van der Waals surface area contributed by atoms with E-state index in [1.54, 1.807) is 24.3 Å². The zero-order valence-electron chi connectivity index (χ0n) is 8.58. The van der Waals surface area contributed by atoms with Crippen LogP contribution in [0.5, 0.6) is 0 Å². The summed E-state index contributed by atoms with van der Waals surface area (Å²) < 4.78 is 18.3. The molecule has 4 nitrogen and oxygen atoms in total. The number of amides is 1. The summed E-state index contributed by atoms with van der Waals surface area (Å²) >= 11 is 1.02. The minimum atomic E-state index is -0.631. The van der Waals surface area contributed by atoms with Gasteiger partial charge in [-0.05, 0) is 17.5 Å². The van der Waals surface area contributed by atoms with Gasteiger partial charge in [-0.1, -0.05) is 18.2 Å². The molecule has 17 heavy (non-hydrogen) atoms. The van der Waals surface area contributed by atoms with Crippen LogP contribution in [0.3, 0.4) is 0 Å². The monoisotopic (exact) mass is 267 g/mol. The zero-order chi connectivity index (χ0) is 12.4. The Balaban J connectivity index is 2.91. The average Bonchev–Trinajstić information content (AvgIpc) is 2.36. The van der Waals surface area contributed by atoms with E-state index in [0.717, 1.165) is 5.39 Å². The second-order valence-electron chi connectivity index (χ2n) is 3.34. The SMILES string of the molecule is NC(=O)c1c(SO)ccc2cccc(SO)c12. The van der Waals surface area contributed by atoms with Crippen molar-refractivity contribution in [3.8, 4) is 0 Å². The summed E-state index contributed by atoms with van der Waals surface area (Å²) in [7, 11) is 0. The summed E-state index contributed by atoms with van der Waals surface area (Å²) in [6.45, 7) is 0. The Kier molecular flexibility index (Phi) is 3.58. The Labute approximate surface area is 106 Å². The highest BCUT2D eigenvalue weighted by atomic mass is 32.2. The smallest absolute Gasteiger partial charge is 0.250 e. The fraction of sp³-hybridized carbons (Fsp3) is 0. The van der Waals surface area contributed by atoms with Crippen molar-refractivity contribution in [3.63, 3.8) is 0 Å². The fourth-order valence-corrected chi connectivity index (χ4v) is 2.60. The van der Waals surface area contributed by atoms with E-state index in [-0.39, 0.29) is 5.56 Å². The maximum atomic E-state index is 11.5. The molecule has 4 N–H and O–H groups in total. The first kappa shape index (κ1) is 12.3. The summed E-state index contributed by atoms with van der Waals surface area (Å²) in [5.41, 5.74) is 5.55. The van der Waals surface area contributed by atoms with Crippen LogP contribution in [0.15, 0.2) is 40.1 Å². The van der Waals surface area contributed by atoms with Gasteiger partial charge in [-0.15, -0.1) is 0 Å². The van der Waals surface area contributed by atoms with Crippen LogP contribution >= 0.6 is 24.1 Å². The van der Waals surface area contributed by atoms with Crippen LogP contribution in [0.1, 0.15) is 10.4 Å². The van der Waals surface area contributed by atoms with Crippen molar-refractivity contribution in [1.29, 1.82) is 0 Å². The van der Waals surface area contributed by atoms with E-state index in [0.29, 0.717) is 39.3 Å². The largest absolute Gasteiger partial charge is 0.366 e. The van der Waals surface area contributed by atoms with Crippen molar-refractivity contribution in [2.45, 2.75) is 9.79 Å². The molecule has 0 spiro atoms. The minimum absolute atomic E-state index is 0.229. The van der Waals surface area contributed by atoms with Crippen LogP contribution < -0.4 is 5.73 Å². The number of hydrogen-bond donors (Lipinski definition) is 3. The molecule has 0 aliphatic heterocycles. The van der Waals surface area contributed by atoms with Gasteiger partial charge in [0.2, 0.25) is 0 Å². The Morgan fingerprint density at radius 3 is 2.35 bits per heavy atom. The van der Waals surface area contributed by atoms with Gasteiger partial charge < -0.3 is 14.8 Å². The average molecular weight is 267 g/mol. The van der Waals surface area contributed by atoms with Gasteiger partial charge in [-0.25, -0.2) is 0 Å². The topological polar surface area (TPSA) is 83.6 Å². The molecule has 0 saturated heterocycles. The quantitative estimate of drug-likeness (QED) is 0.744. The van der Waals surface area contributed by atoms with Crippen LogP contribution in [-0.2, 0) is 0 Å². The number of primary amides is 1. The molecule has 6 heteroatoms. The first-order chi connectivity index (χ1) is 8.19. The van der Waals surface area contributed by atoms with Crippen molar-refractivity contribution in [1.82, 2.24) is 0 Å². The van der Waals surface area contributed by atoms with Gasteiger partial charge in [0.25, 0.3) is 5.91 Å². The van der Waals surface area contributed by atoms with Crippen molar-refractivity contribution in [2.75, 3.05) is 0 Å². The zero-order valence-corrected chi connectivity index (χ0v) is 10.2. The Hall–Kier alpha value is -1.21. The van der Waals surface area contributed by atoms with Crippen molar-refractivity contribution in [3.05, 3.63) is 35.9 Å². The third kappa shape index (κ3) is 2.12. The van der Waals surface area contributed by atoms with Gasteiger partial charge in [-0.3, -0.25) is 4.79 Å². The first-order valence-corrected chi connectivity index (χ1v) is 6.22. The van der Waals surface area contributed by atoms with Crippen molar-refractivity contribution in [2.24, 2.45) is 5.73 Å². The molecule has 88 valence electrons. The number of rotatable bonds is 3. The first-order valence-electron chi connectivity index (χ1n) is 4.67. The minimum Gasteiger partial charge on any atom is -0.366 e. The third-order valence-electron chi connectivity index (χ3n) is 2.41. The summed E-state index contributed by atoms with van der Waals surface area (Å²) in [6, 6.07) is 8.66. The standard InChI is InChI=1S/C11H9NO3S2/c12-11(13)10-8(17-15)5-4-6-2-1-3-7(16-14)9(6)10/h1-5,14-15H,(H2,12,13). The van der Waals surface area contributed by atoms with Gasteiger partial charge >= 0.3 is 0 Å². The molecule has 0 radical (unpaired) electrons. The van der Waals surface area contributed by atoms with Gasteiger partial charge in [0.1, 0.15) is 0 Å². The highest BCUT2D eigenvalue weighted by molar-refractivity contribution is 7.94. The summed E-state index contributed by atoms with van der Waals surface area (Å²) in [5, 5.41) is 1.35. The van der Waals surface area contributed by atoms with Crippen LogP contribution in [0.2, 0.25) is 0 Å². The number of hydrogen-bond acceptors (Lipinski definition) is 5. The predicted molar refractivity (Wildman–Crippen MR) is 69.4 cm³/mol. The lowest BCUT2D eigenvalue weighted by molar-refractivity contribution is 0.0999. The number of benzene rings is 2. The van der Waals surface area contributed by atoms with Gasteiger partial charge in [0, 0.05) is 39.3 Å². The molecule has 0 heterocycles. The summed E-state index contributed by atoms with van der Waals surface area (Å²) in [5.74, 6) is -0.631. The summed E-state index contributed by atoms with van der Waals surface area (Å²) in [4.78, 5) is 12.4. The lowest BCUT2D eigenvalue weighted by Crippen LogP contribution is -2.13. The van der Waals surface area contributed by atoms with E-state index in [2.05, 4.69) is 0 Å². The lowest BCUT2D eigenvalue weighted by atomic mass is 10.0. The van der Waals surface area contributed by atoms with Gasteiger partial charge in [0.15, 0.2) is 0 Å². The second kappa shape index (κ2) is 4.97. The molecular weight excluding hydrogens is 258 g/mol. The van der Waals surface area contributed by atoms with E-state index in [9.17, 15) is 9.35 Å². The molecule has 1 amide bonds. The maximum absolute atomic E-state index is 11.5. The Bertz CT molecular complexity index is 586. The normalized spacial score (nSPS) is 10.7. The highest BCUT2D eigenvalue weighted by Crippen LogP contribution is 2.33. The molecule has 2 rings (SSSR count). The number of carbonyl (C=O) groups is 1. The van der Waals surface area contributed by atoms with Crippen LogP contribution in [0, 0.1) is 0 Å². The Morgan fingerprint density at radius 1 is 1.06 bits per heavy atom. The van der Waals surface area contributed by atoms with E-state index < -0.39 is 5.91 Å². The summed E-state index contributed by atoms with van der Waals surface area (Å²) in [6.07, 6.45) is 0. The molecule has 2 aromatic carbocycles. The Morgan fingerprint density at radius 2 is 1.76 bits per heavy atom. The van der Waals surface area contributed by atoms with E-state index >= 15 is 0 Å². The molecule has 0 fully saturated rings. The van der Waals surface area contributed by atoms with Crippen molar-refractivity contribution < 1.29 is 13.9 Å². The van der Waals surface area contributed by atoms with E-state index in [4.69, 9.17) is 10.3 Å². The van der Waals surface area contributed by atoms with Crippen molar-refractivity contribution >= 4 is 40.8 Å². The van der Waals surface area contributed by atoms with Crippen LogP contribution in [0.25, 0.3) is 10.8 Å². The van der Waals surface area contributed by atoms with E-state index in [1.165, 1.54) is 0 Å². The second-order valence-corrected chi connectivity index (χ2v) is 4.58. The molecule has 0 aliphatic rings. The predicted octanol–water partition coefficient (Wildman–Crippen LogP) is 3.07. The number of fused-ring (bicyclic) bond motifs is 1. The number of carbonyl (C=O) groups excluding carboxylic acids is 1. The number of nitrogens with two attached hydrogens (primary N) is 1. The van der Waals surface area contributed by atoms with Gasteiger partial charge in [-0.2, -0.15) is 0 Å². The molecular formula is C11H9NO3S2. The van der Waals surface area contributed by atoms with Gasteiger partial charge in [0.05, 0.1) is 5.56 Å². The maximum Gasteiger partial charge on any atom is 0.250 e. The molecule has 0 unspecified atom stereocenters. The molecule has 2 aromatic rings. The lowest BCUT2D eigenvalue weighted by Gasteiger charge is -2.10. The molecule has 0 bridgehead atoms. The molecule has 0 saturated carbocycles.